The first-order valence-electron chi connectivity index (χ1n) is 6.29. The Morgan fingerprint density at radius 2 is 2.06 bits per heavy atom. The molecule has 0 saturated heterocycles. The van der Waals surface area contributed by atoms with Gasteiger partial charge in [-0.3, -0.25) is 4.68 Å². The minimum absolute atomic E-state index is 0.630. The van der Waals surface area contributed by atoms with Crippen LogP contribution in [-0.2, 0) is 13.1 Å². The van der Waals surface area contributed by atoms with Crippen molar-refractivity contribution >= 4 is 0 Å². The SMILES string of the molecule is CCNCc1ccnn1CCOc1ccccc1. The molecule has 0 amide bonds. The summed E-state index contributed by atoms with van der Waals surface area (Å²) in [4.78, 5) is 0. The van der Waals surface area contributed by atoms with Gasteiger partial charge in [0, 0.05) is 12.7 Å². The lowest BCUT2D eigenvalue weighted by atomic mass is 10.3. The molecule has 1 N–H and O–H groups in total. The second-order valence-corrected chi connectivity index (χ2v) is 3.99. The summed E-state index contributed by atoms with van der Waals surface area (Å²) in [6, 6.07) is 11.9. The van der Waals surface area contributed by atoms with Crippen molar-refractivity contribution in [1.29, 1.82) is 0 Å². The number of aromatic nitrogens is 2. The smallest absolute Gasteiger partial charge is 0.119 e. The molecule has 18 heavy (non-hydrogen) atoms. The van der Waals surface area contributed by atoms with E-state index in [9.17, 15) is 0 Å². The lowest BCUT2D eigenvalue weighted by Crippen LogP contribution is -2.18. The average molecular weight is 245 g/mol. The van der Waals surface area contributed by atoms with Crippen molar-refractivity contribution < 1.29 is 4.74 Å². The van der Waals surface area contributed by atoms with Gasteiger partial charge in [0.25, 0.3) is 0 Å². The van der Waals surface area contributed by atoms with Gasteiger partial charge in [-0.2, -0.15) is 5.10 Å². The van der Waals surface area contributed by atoms with Crippen molar-refractivity contribution in [3.63, 3.8) is 0 Å². The molecular weight excluding hydrogens is 226 g/mol. The van der Waals surface area contributed by atoms with Gasteiger partial charge in [0.05, 0.1) is 12.2 Å². The van der Waals surface area contributed by atoms with E-state index < -0.39 is 0 Å². The maximum Gasteiger partial charge on any atom is 0.119 e. The standard InChI is InChI=1S/C14H19N3O/c1-2-15-12-13-8-9-16-17(13)10-11-18-14-6-4-3-5-7-14/h3-9,15H,2,10-12H2,1H3. The van der Waals surface area contributed by atoms with Crippen LogP contribution < -0.4 is 10.1 Å². The van der Waals surface area contributed by atoms with Gasteiger partial charge in [-0.1, -0.05) is 25.1 Å². The summed E-state index contributed by atoms with van der Waals surface area (Å²) < 4.78 is 7.64. The molecule has 0 aliphatic heterocycles. The summed E-state index contributed by atoms with van der Waals surface area (Å²) in [7, 11) is 0. The van der Waals surface area contributed by atoms with Crippen molar-refractivity contribution in [1.82, 2.24) is 15.1 Å². The van der Waals surface area contributed by atoms with Crippen LogP contribution in [0, 0.1) is 0 Å². The second-order valence-electron chi connectivity index (χ2n) is 3.99. The third-order valence-corrected chi connectivity index (χ3v) is 2.68. The Labute approximate surface area is 108 Å². The summed E-state index contributed by atoms with van der Waals surface area (Å²) >= 11 is 0. The largest absolute Gasteiger partial charge is 0.492 e. The van der Waals surface area contributed by atoms with Crippen LogP contribution in [0.2, 0.25) is 0 Å². The van der Waals surface area contributed by atoms with Gasteiger partial charge < -0.3 is 10.1 Å². The molecule has 1 aromatic carbocycles. The number of para-hydroxylation sites is 1. The minimum Gasteiger partial charge on any atom is -0.492 e. The highest BCUT2D eigenvalue weighted by Gasteiger charge is 2.01. The molecule has 1 aromatic heterocycles. The van der Waals surface area contributed by atoms with Crippen LogP contribution in [0.5, 0.6) is 5.75 Å². The summed E-state index contributed by atoms with van der Waals surface area (Å²) in [6.07, 6.45) is 1.83. The first-order chi connectivity index (χ1) is 8.90. The number of nitrogens with one attached hydrogen (secondary N) is 1. The van der Waals surface area contributed by atoms with E-state index in [1.807, 2.05) is 47.3 Å². The molecule has 0 radical (unpaired) electrons. The molecule has 0 fully saturated rings. The van der Waals surface area contributed by atoms with E-state index in [2.05, 4.69) is 17.3 Å². The normalized spacial score (nSPS) is 10.5. The van der Waals surface area contributed by atoms with Crippen LogP contribution in [-0.4, -0.2) is 22.9 Å². The Morgan fingerprint density at radius 3 is 2.83 bits per heavy atom. The molecule has 1 heterocycles. The van der Waals surface area contributed by atoms with E-state index >= 15 is 0 Å². The number of rotatable bonds is 7. The summed E-state index contributed by atoms with van der Waals surface area (Å²) in [5.41, 5.74) is 1.19. The van der Waals surface area contributed by atoms with Crippen molar-refractivity contribution in [3.8, 4) is 5.75 Å². The van der Waals surface area contributed by atoms with Gasteiger partial charge in [-0.05, 0) is 24.7 Å². The number of hydrogen-bond acceptors (Lipinski definition) is 3. The molecule has 2 rings (SSSR count). The van der Waals surface area contributed by atoms with Crippen molar-refractivity contribution in [2.45, 2.75) is 20.0 Å². The van der Waals surface area contributed by atoms with Gasteiger partial charge in [-0.25, -0.2) is 0 Å². The number of nitrogens with zero attached hydrogens (tertiary/aromatic N) is 2. The molecule has 96 valence electrons. The van der Waals surface area contributed by atoms with E-state index in [0.717, 1.165) is 25.4 Å². The molecular formula is C14H19N3O. The first kappa shape index (κ1) is 12.6. The second kappa shape index (κ2) is 6.81. The third kappa shape index (κ3) is 3.60. The summed E-state index contributed by atoms with van der Waals surface area (Å²) in [5, 5.41) is 7.59. The van der Waals surface area contributed by atoms with Crippen LogP contribution in [0.4, 0.5) is 0 Å². The topological polar surface area (TPSA) is 39.1 Å². The predicted octanol–water partition coefficient (Wildman–Crippen LogP) is 2.07. The molecule has 0 saturated carbocycles. The molecule has 0 spiro atoms. The van der Waals surface area contributed by atoms with Gasteiger partial charge in [0.15, 0.2) is 0 Å². The van der Waals surface area contributed by atoms with Gasteiger partial charge >= 0.3 is 0 Å². The van der Waals surface area contributed by atoms with E-state index in [0.29, 0.717) is 6.61 Å². The molecule has 0 bridgehead atoms. The highest BCUT2D eigenvalue weighted by Crippen LogP contribution is 2.08. The monoisotopic (exact) mass is 245 g/mol. The lowest BCUT2D eigenvalue weighted by Gasteiger charge is -2.09. The van der Waals surface area contributed by atoms with E-state index in [4.69, 9.17) is 4.74 Å². The Bertz CT molecular complexity index is 453. The van der Waals surface area contributed by atoms with Gasteiger partial charge in [-0.15, -0.1) is 0 Å². The Balaban J connectivity index is 1.81. The van der Waals surface area contributed by atoms with Crippen molar-refractivity contribution in [2.24, 2.45) is 0 Å². The summed E-state index contributed by atoms with van der Waals surface area (Å²) in [6.45, 7) is 5.31. The molecule has 0 aliphatic carbocycles. The quantitative estimate of drug-likeness (QED) is 0.811. The maximum atomic E-state index is 5.66. The first-order valence-corrected chi connectivity index (χ1v) is 6.29. The van der Waals surface area contributed by atoms with E-state index in [1.54, 1.807) is 0 Å². The average Bonchev–Trinajstić information content (AvgIpc) is 2.85. The fourth-order valence-electron chi connectivity index (χ4n) is 1.73. The predicted molar refractivity (Wildman–Crippen MR) is 71.5 cm³/mol. The number of hydrogen-bond donors (Lipinski definition) is 1. The molecule has 2 aromatic rings. The molecule has 4 nitrogen and oxygen atoms in total. The zero-order valence-corrected chi connectivity index (χ0v) is 10.7. The van der Waals surface area contributed by atoms with Crippen LogP contribution in [0.3, 0.4) is 0 Å². The van der Waals surface area contributed by atoms with Gasteiger partial charge in [0.2, 0.25) is 0 Å². The third-order valence-electron chi connectivity index (χ3n) is 2.68. The molecule has 0 atom stereocenters. The Morgan fingerprint density at radius 1 is 1.22 bits per heavy atom. The van der Waals surface area contributed by atoms with Crippen LogP contribution in [0.1, 0.15) is 12.6 Å². The molecule has 4 heteroatoms. The van der Waals surface area contributed by atoms with E-state index in [-0.39, 0.29) is 0 Å². The maximum absolute atomic E-state index is 5.66. The fraction of sp³-hybridized carbons (Fsp3) is 0.357. The van der Waals surface area contributed by atoms with Crippen molar-refractivity contribution in [2.75, 3.05) is 13.2 Å². The van der Waals surface area contributed by atoms with Crippen LogP contribution >= 0.6 is 0 Å². The zero-order chi connectivity index (χ0) is 12.6. The zero-order valence-electron chi connectivity index (χ0n) is 10.7. The Hall–Kier alpha value is -1.81. The lowest BCUT2D eigenvalue weighted by molar-refractivity contribution is 0.288. The summed E-state index contributed by atoms with van der Waals surface area (Å²) in [5.74, 6) is 0.901. The van der Waals surface area contributed by atoms with Crippen LogP contribution in [0.25, 0.3) is 0 Å². The minimum atomic E-state index is 0.630. The van der Waals surface area contributed by atoms with E-state index in [1.165, 1.54) is 5.69 Å². The fourth-order valence-corrected chi connectivity index (χ4v) is 1.73. The number of benzene rings is 1. The highest BCUT2D eigenvalue weighted by atomic mass is 16.5. The van der Waals surface area contributed by atoms with Crippen LogP contribution in [0.15, 0.2) is 42.6 Å². The molecule has 0 unspecified atom stereocenters. The Kier molecular flexibility index (Phi) is 4.78. The van der Waals surface area contributed by atoms with Gasteiger partial charge in [0.1, 0.15) is 12.4 Å². The van der Waals surface area contributed by atoms with Crippen molar-refractivity contribution in [3.05, 3.63) is 48.3 Å². The molecule has 0 aliphatic rings. The highest BCUT2D eigenvalue weighted by molar-refractivity contribution is 5.20. The number of ether oxygens (including phenoxy) is 1.